The fourth-order valence-electron chi connectivity index (χ4n) is 8.07. The zero-order chi connectivity index (χ0) is 45.6. The highest BCUT2D eigenvalue weighted by Crippen LogP contribution is 2.40. The van der Waals surface area contributed by atoms with E-state index < -0.39 is 0 Å². The largest absolute Gasteiger partial charge is 0.379 e. The lowest BCUT2D eigenvalue weighted by atomic mass is 10.0. The van der Waals surface area contributed by atoms with Crippen LogP contribution in [0.1, 0.15) is 162 Å². The lowest BCUT2D eigenvalue weighted by molar-refractivity contribution is 0.0474. The lowest BCUT2D eigenvalue weighted by Crippen LogP contribution is -2.07. The van der Waals surface area contributed by atoms with Crippen molar-refractivity contribution < 1.29 is 18.9 Å². The molecule has 5 rings (SSSR count). The molecule has 0 saturated carbocycles. The van der Waals surface area contributed by atoms with Gasteiger partial charge in [0.05, 0.1) is 39.6 Å². The molecule has 0 unspecified atom stereocenters. The molecule has 0 atom stereocenters. The van der Waals surface area contributed by atoms with Crippen molar-refractivity contribution in [2.24, 2.45) is 0 Å². The van der Waals surface area contributed by atoms with Crippen LogP contribution < -0.4 is 0 Å². The quantitative estimate of drug-likeness (QED) is 0.0294. The van der Waals surface area contributed by atoms with Crippen LogP contribution in [-0.2, 0) is 44.6 Å². The second kappa shape index (κ2) is 32.8. The molecule has 0 aliphatic heterocycles. The van der Waals surface area contributed by atoms with E-state index in [-0.39, 0.29) is 0 Å². The summed E-state index contributed by atoms with van der Waals surface area (Å²) >= 11 is 5.87. The van der Waals surface area contributed by atoms with Crippen LogP contribution >= 0.6 is 34.0 Å². The summed E-state index contributed by atoms with van der Waals surface area (Å²) in [6.07, 6.45) is 29.0. The summed E-state index contributed by atoms with van der Waals surface area (Å²) in [6, 6.07) is 27.6. The summed E-state index contributed by atoms with van der Waals surface area (Å²) in [5.74, 6) is 0. The van der Waals surface area contributed by atoms with Gasteiger partial charge in [0.2, 0.25) is 0 Å². The minimum atomic E-state index is 0.677. The number of hydrogen-bond acceptors (Lipinski definition) is 7. The van der Waals surface area contributed by atoms with Crippen LogP contribution in [0.3, 0.4) is 0 Å². The Bertz CT molecular complexity index is 1990. The maximum Gasteiger partial charge on any atom is 0.0700 e. The normalized spacial score (nSPS) is 11.8. The van der Waals surface area contributed by atoms with Crippen LogP contribution in [0.5, 0.6) is 0 Å². The standard InChI is InChI=1S/C58H82O4S3/c1-5-9-13-17-21-53-51(35-39-61-43-41-59-37-19-15-11-7-3)45-57(64-53)50-31-27-48(28-32-50)24-23-47-25-29-49(30-26-47)55-33-34-56(63-55)58-46-52(54(65-58)22-18-14-10-6-2)36-40-62-44-42-60-38-20-16-12-8-4/h23-34,45-46H,5-22,35-44H2,1-4H3. The average Bonchev–Trinajstić information content (AvgIpc) is 4.10. The number of unbranched alkanes of at least 4 members (excludes halogenated alkanes) is 12. The van der Waals surface area contributed by atoms with Crippen molar-refractivity contribution in [1.29, 1.82) is 0 Å². The Kier molecular flexibility index (Phi) is 26.8. The van der Waals surface area contributed by atoms with E-state index in [2.05, 4.69) is 113 Å². The Labute approximate surface area is 407 Å². The van der Waals surface area contributed by atoms with Gasteiger partial charge in [0.25, 0.3) is 0 Å². The summed E-state index contributed by atoms with van der Waals surface area (Å²) < 4.78 is 23.6. The molecule has 3 heterocycles. The van der Waals surface area contributed by atoms with Gasteiger partial charge in [0.15, 0.2) is 0 Å². The van der Waals surface area contributed by atoms with Gasteiger partial charge in [-0.15, -0.1) is 34.0 Å². The van der Waals surface area contributed by atoms with Crippen LogP contribution in [-0.4, -0.2) is 52.9 Å². The smallest absolute Gasteiger partial charge is 0.0700 e. The number of ether oxygens (including phenoxy) is 4. The summed E-state index contributed by atoms with van der Waals surface area (Å²) in [5.41, 5.74) is 7.92. The van der Waals surface area contributed by atoms with Crippen molar-refractivity contribution in [1.82, 2.24) is 0 Å². The molecule has 4 nitrogen and oxygen atoms in total. The molecule has 0 aliphatic rings. The summed E-state index contributed by atoms with van der Waals surface area (Å²) in [6.45, 7) is 15.0. The fraction of sp³-hybridized carbons (Fsp3) is 0.552. The van der Waals surface area contributed by atoms with E-state index in [0.29, 0.717) is 26.4 Å². The van der Waals surface area contributed by atoms with Crippen LogP contribution in [0, 0.1) is 0 Å². The Hall–Kier alpha value is -2.88. The third-order valence-electron chi connectivity index (χ3n) is 12.1. The zero-order valence-corrected chi connectivity index (χ0v) is 43.2. The lowest BCUT2D eigenvalue weighted by Gasteiger charge is -2.07. The molecule has 7 heteroatoms. The van der Waals surface area contributed by atoms with E-state index in [4.69, 9.17) is 18.9 Å². The van der Waals surface area contributed by atoms with E-state index in [0.717, 1.165) is 58.5 Å². The van der Waals surface area contributed by atoms with Gasteiger partial charge < -0.3 is 18.9 Å². The van der Waals surface area contributed by atoms with E-state index >= 15 is 0 Å². The molecule has 5 aromatic rings. The van der Waals surface area contributed by atoms with Crippen LogP contribution in [0.4, 0.5) is 0 Å². The second-order valence-corrected chi connectivity index (χ2v) is 20.9. The molecule has 65 heavy (non-hydrogen) atoms. The van der Waals surface area contributed by atoms with E-state index in [1.165, 1.54) is 159 Å². The van der Waals surface area contributed by atoms with Crippen LogP contribution in [0.25, 0.3) is 42.8 Å². The van der Waals surface area contributed by atoms with E-state index in [9.17, 15) is 0 Å². The Balaban J connectivity index is 1.13. The molecule has 0 radical (unpaired) electrons. The van der Waals surface area contributed by atoms with E-state index in [1.807, 2.05) is 34.0 Å². The van der Waals surface area contributed by atoms with Gasteiger partial charge in [-0.3, -0.25) is 0 Å². The number of rotatable bonds is 37. The van der Waals surface area contributed by atoms with Gasteiger partial charge in [-0.25, -0.2) is 0 Å². The molecule has 0 bridgehead atoms. The third-order valence-corrected chi connectivity index (χ3v) is 15.9. The second-order valence-electron chi connectivity index (χ2n) is 17.6. The maximum absolute atomic E-state index is 6.03. The highest BCUT2D eigenvalue weighted by atomic mass is 32.1. The molecule has 0 saturated heterocycles. The molecule has 3 aromatic heterocycles. The topological polar surface area (TPSA) is 36.9 Å². The van der Waals surface area contributed by atoms with E-state index in [1.54, 1.807) is 0 Å². The van der Waals surface area contributed by atoms with Crippen molar-refractivity contribution in [3.05, 3.63) is 105 Å². The Morgan fingerprint density at radius 3 is 1.22 bits per heavy atom. The molecule has 356 valence electrons. The highest BCUT2D eigenvalue weighted by molar-refractivity contribution is 7.24. The average molecular weight is 939 g/mol. The molecule has 0 N–H and O–H groups in total. The summed E-state index contributed by atoms with van der Waals surface area (Å²) in [5, 5.41) is 0. The van der Waals surface area contributed by atoms with Crippen molar-refractivity contribution in [2.75, 3.05) is 52.9 Å². The molecular weight excluding hydrogens is 857 g/mol. The summed E-state index contributed by atoms with van der Waals surface area (Å²) in [4.78, 5) is 8.49. The molecule has 0 amide bonds. The first-order chi connectivity index (χ1) is 32.1. The third kappa shape index (κ3) is 20.1. The van der Waals surface area contributed by atoms with Gasteiger partial charge in [-0.2, -0.15) is 0 Å². The number of benzene rings is 2. The van der Waals surface area contributed by atoms with Gasteiger partial charge >= 0.3 is 0 Å². The van der Waals surface area contributed by atoms with Crippen LogP contribution in [0.15, 0.2) is 72.8 Å². The minimum Gasteiger partial charge on any atom is -0.379 e. The SMILES string of the molecule is CCCCCCOCCOCCc1cc(-c2ccc(C=Cc3ccc(-c4ccc(-c5cc(CCOCCOCCCCCC)c(CCCCCC)s5)s4)cc3)cc2)sc1CCCCCC. The highest BCUT2D eigenvalue weighted by Gasteiger charge is 2.14. The van der Waals surface area contributed by atoms with Crippen molar-refractivity contribution in [3.8, 4) is 30.6 Å². The predicted octanol–water partition coefficient (Wildman–Crippen LogP) is 17.6. The zero-order valence-electron chi connectivity index (χ0n) is 40.7. The van der Waals surface area contributed by atoms with Gasteiger partial charge in [0.1, 0.15) is 0 Å². The van der Waals surface area contributed by atoms with Gasteiger partial charge in [-0.1, -0.05) is 165 Å². The van der Waals surface area contributed by atoms with Crippen molar-refractivity contribution in [2.45, 2.75) is 156 Å². The van der Waals surface area contributed by atoms with Gasteiger partial charge in [0, 0.05) is 42.5 Å². The Morgan fingerprint density at radius 1 is 0.338 bits per heavy atom. The predicted molar refractivity (Wildman–Crippen MR) is 286 cm³/mol. The molecule has 0 spiro atoms. The van der Waals surface area contributed by atoms with Crippen LogP contribution in [0.2, 0.25) is 0 Å². The fourth-order valence-corrected chi connectivity index (χ4v) is 11.7. The number of hydrogen-bond donors (Lipinski definition) is 0. The molecule has 2 aromatic carbocycles. The minimum absolute atomic E-state index is 0.677. The maximum atomic E-state index is 6.03. The van der Waals surface area contributed by atoms with Gasteiger partial charge in [-0.05, 0) is 109 Å². The Morgan fingerprint density at radius 2 is 0.738 bits per heavy atom. The molecule has 0 fully saturated rings. The summed E-state index contributed by atoms with van der Waals surface area (Å²) in [7, 11) is 0. The first-order valence-electron chi connectivity index (χ1n) is 25.6. The number of aryl methyl sites for hydroxylation is 2. The first kappa shape index (κ1) is 53.1. The van der Waals surface area contributed by atoms with Crippen molar-refractivity contribution in [3.63, 3.8) is 0 Å². The molecule has 0 aliphatic carbocycles. The monoisotopic (exact) mass is 939 g/mol. The first-order valence-corrected chi connectivity index (χ1v) is 28.1. The number of thiophene rings is 3. The van der Waals surface area contributed by atoms with Crippen molar-refractivity contribution >= 4 is 46.2 Å². The molecular formula is C58H82O4S3.